The fourth-order valence-electron chi connectivity index (χ4n) is 3.45. The predicted octanol–water partition coefficient (Wildman–Crippen LogP) is 3.92. The SMILES string of the molecule is O=C(COC(=O)C=Cc1cccc2cccnc12)Nc1ccc2c(c1)CCC2. The van der Waals surface area contributed by atoms with E-state index in [4.69, 9.17) is 4.74 Å². The molecule has 1 aromatic heterocycles. The van der Waals surface area contributed by atoms with Crippen LogP contribution in [0.5, 0.6) is 0 Å². The first-order valence-corrected chi connectivity index (χ1v) is 9.29. The average Bonchev–Trinajstić information content (AvgIpc) is 3.18. The quantitative estimate of drug-likeness (QED) is 0.544. The van der Waals surface area contributed by atoms with Crippen LogP contribution in [0, 0.1) is 0 Å². The summed E-state index contributed by atoms with van der Waals surface area (Å²) >= 11 is 0. The number of rotatable bonds is 5. The molecule has 5 nitrogen and oxygen atoms in total. The fourth-order valence-corrected chi connectivity index (χ4v) is 3.45. The maximum absolute atomic E-state index is 12.0. The Bertz CT molecular complexity index is 1070. The molecule has 0 fully saturated rings. The van der Waals surface area contributed by atoms with E-state index >= 15 is 0 Å². The van der Waals surface area contributed by atoms with Crippen LogP contribution in [0.4, 0.5) is 5.69 Å². The van der Waals surface area contributed by atoms with Gasteiger partial charge in [0.05, 0.1) is 5.52 Å². The Morgan fingerprint density at radius 2 is 1.93 bits per heavy atom. The maximum Gasteiger partial charge on any atom is 0.331 e. The molecule has 0 saturated carbocycles. The number of amides is 1. The molecule has 140 valence electrons. The van der Waals surface area contributed by atoms with Crippen molar-refractivity contribution in [1.29, 1.82) is 0 Å². The van der Waals surface area contributed by atoms with Gasteiger partial charge in [0.25, 0.3) is 5.91 Å². The van der Waals surface area contributed by atoms with Crippen molar-refractivity contribution in [3.63, 3.8) is 0 Å². The van der Waals surface area contributed by atoms with Crippen LogP contribution in [0.15, 0.2) is 60.8 Å². The molecule has 0 atom stereocenters. The second-order valence-electron chi connectivity index (χ2n) is 6.75. The fraction of sp³-hybridized carbons (Fsp3) is 0.174. The van der Waals surface area contributed by atoms with E-state index in [9.17, 15) is 9.59 Å². The molecule has 2 aromatic carbocycles. The zero-order chi connectivity index (χ0) is 19.3. The summed E-state index contributed by atoms with van der Waals surface area (Å²) in [7, 11) is 0. The molecule has 0 aliphatic heterocycles. The normalized spacial score (nSPS) is 12.9. The molecule has 1 N–H and O–H groups in total. The number of aromatic nitrogens is 1. The van der Waals surface area contributed by atoms with E-state index < -0.39 is 5.97 Å². The summed E-state index contributed by atoms with van der Waals surface area (Å²) in [5.41, 5.74) is 4.99. The molecule has 3 aromatic rings. The zero-order valence-corrected chi connectivity index (χ0v) is 15.4. The summed E-state index contributed by atoms with van der Waals surface area (Å²) in [5.74, 6) is -0.927. The lowest BCUT2D eigenvalue weighted by molar-refractivity contribution is -0.142. The van der Waals surface area contributed by atoms with Crippen LogP contribution in [-0.2, 0) is 27.2 Å². The number of nitrogens with one attached hydrogen (secondary N) is 1. The highest BCUT2D eigenvalue weighted by molar-refractivity contribution is 5.96. The molecular formula is C23H20N2O3. The van der Waals surface area contributed by atoms with Crippen LogP contribution in [-0.4, -0.2) is 23.5 Å². The Labute approximate surface area is 163 Å². The molecule has 0 bridgehead atoms. The van der Waals surface area contributed by atoms with E-state index in [1.54, 1.807) is 12.3 Å². The van der Waals surface area contributed by atoms with Crippen molar-refractivity contribution in [3.05, 3.63) is 77.5 Å². The highest BCUT2D eigenvalue weighted by Crippen LogP contribution is 2.24. The summed E-state index contributed by atoms with van der Waals surface area (Å²) in [6.45, 7) is -0.325. The molecule has 28 heavy (non-hydrogen) atoms. The first kappa shape index (κ1) is 17.9. The molecule has 1 aliphatic rings. The Morgan fingerprint density at radius 1 is 1.07 bits per heavy atom. The monoisotopic (exact) mass is 372 g/mol. The van der Waals surface area contributed by atoms with E-state index in [-0.39, 0.29) is 12.5 Å². The van der Waals surface area contributed by atoms with Crippen molar-refractivity contribution < 1.29 is 14.3 Å². The lowest BCUT2D eigenvalue weighted by Gasteiger charge is -2.07. The molecule has 1 heterocycles. The van der Waals surface area contributed by atoms with Gasteiger partial charge in [0.15, 0.2) is 6.61 Å². The van der Waals surface area contributed by atoms with E-state index in [2.05, 4.69) is 10.3 Å². The molecule has 4 rings (SSSR count). The van der Waals surface area contributed by atoms with Gasteiger partial charge in [-0.15, -0.1) is 0 Å². The molecule has 1 aliphatic carbocycles. The summed E-state index contributed by atoms with van der Waals surface area (Å²) < 4.78 is 5.04. The van der Waals surface area contributed by atoms with Gasteiger partial charge in [-0.05, 0) is 54.7 Å². The first-order chi connectivity index (χ1) is 13.7. The molecule has 0 saturated heterocycles. The maximum atomic E-state index is 12.0. The van der Waals surface area contributed by atoms with E-state index in [0.29, 0.717) is 0 Å². The number of aryl methyl sites for hydroxylation is 2. The number of nitrogens with zero attached hydrogens (tertiary/aromatic N) is 1. The minimum absolute atomic E-state index is 0.325. The minimum atomic E-state index is -0.572. The average molecular weight is 372 g/mol. The third-order valence-corrected chi connectivity index (χ3v) is 4.79. The lowest BCUT2D eigenvalue weighted by Crippen LogP contribution is -2.20. The van der Waals surface area contributed by atoms with Gasteiger partial charge in [-0.2, -0.15) is 0 Å². The number of anilines is 1. The van der Waals surface area contributed by atoms with Gasteiger partial charge in [-0.3, -0.25) is 9.78 Å². The third-order valence-electron chi connectivity index (χ3n) is 4.79. The van der Waals surface area contributed by atoms with E-state index in [0.717, 1.165) is 41.4 Å². The number of ether oxygens (including phenoxy) is 1. The predicted molar refractivity (Wildman–Crippen MR) is 109 cm³/mol. The largest absolute Gasteiger partial charge is 0.452 e. The minimum Gasteiger partial charge on any atom is -0.452 e. The highest BCUT2D eigenvalue weighted by atomic mass is 16.5. The summed E-state index contributed by atoms with van der Waals surface area (Å²) in [6.07, 6.45) is 7.97. The van der Waals surface area contributed by atoms with Gasteiger partial charge in [0.1, 0.15) is 0 Å². The topological polar surface area (TPSA) is 68.3 Å². The van der Waals surface area contributed by atoms with Crippen molar-refractivity contribution in [3.8, 4) is 0 Å². The van der Waals surface area contributed by atoms with Crippen LogP contribution >= 0.6 is 0 Å². The van der Waals surface area contributed by atoms with Crippen LogP contribution < -0.4 is 5.32 Å². The number of esters is 1. The van der Waals surface area contributed by atoms with Crippen molar-refractivity contribution in [2.75, 3.05) is 11.9 Å². The first-order valence-electron chi connectivity index (χ1n) is 9.29. The number of hydrogen-bond donors (Lipinski definition) is 1. The van der Waals surface area contributed by atoms with Crippen LogP contribution in [0.2, 0.25) is 0 Å². The van der Waals surface area contributed by atoms with Gasteiger partial charge < -0.3 is 10.1 Å². The Morgan fingerprint density at radius 3 is 2.86 bits per heavy atom. The molecule has 0 spiro atoms. The molecule has 5 heteroatoms. The third kappa shape index (κ3) is 4.09. The molecule has 0 radical (unpaired) electrons. The number of hydrogen-bond acceptors (Lipinski definition) is 4. The number of para-hydroxylation sites is 1. The van der Waals surface area contributed by atoms with Gasteiger partial charge in [0, 0.05) is 28.9 Å². The van der Waals surface area contributed by atoms with Gasteiger partial charge in [0.2, 0.25) is 0 Å². The Kier molecular flexibility index (Phi) is 5.15. The van der Waals surface area contributed by atoms with Crippen molar-refractivity contribution in [1.82, 2.24) is 4.98 Å². The Hall–Kier alpha value is -3.47. The molecule has 0 unspecified atom stereocenters. The smallest absolute Gasteiger partial charge is 0.331 e. The lowest BCUT2D eigenvalue weighted by atomic mass is 10.1. The van der Waals surface area contributed by atoms with E-state index in [1.807, 2.05) is 48.5 Å². The molecular weight excluding hydrogens is 352 g/mol. The number of carbonyl (C=O) groups excluding carboxylic acids is 2. The van der Waals surface area contributed by atoms with Crippen LogP contribution in [0.3, 0.4) is 0 Å². The Balaban J connectivity index is 1.32. The number of carbonyl (C=O) groups is 2. The number of pyridine rings is 1. The summed E-state index contributed by atoms with van der Waals surface area (Å²) in [4.78, 5) is 28.3. The number of fused-ring (bicyclic) bond motifs is 2. The zero-order valence-electron chi connectivity index (χ0n) is 15.4. The van der Waals surface area contributed by atoms with Gasteiger partial charge >= 0.3 is 5.97 Å². The van der Waals surface area contributed by atoms with Gasteiger partial charge in [-0.25, -0.2) is 4.79 Å². The van der Waals surface area contributed by atoms with Crippen molar-refractivity contribution >= 4 is 34.5 Å². The second-order valence-corrected chi connectivity index (χ2v) is 6.75. The second kappa shape index (κ2) is 8.05. The van der Waals surface area contributed by atoms with Gasteiger partial charge in [-0.1, -0.05) is 30.3 Å². The highest BCUT2D eigenvalue weighted by Gasteiger charge is 2.12. The van der Waals surface area contributed by atoms with Crippen molar-refractivity contribution in [2.45, 2.75) is 19.3 Å². The molecule has 1 amide bonds. The number of benzene rings is 2. The van der Waals surface area contributed by atoms with Crippen LogP contribution in [0.1, 0.15) is 23.1 Å². The summed E-state index contributed by atoms with van der Waals surface area (Å²) in [6, 6.07) is 15.5. The van der Waals surface area contributed by atoms with E-state index in [1.165, 1.54) is 17.2 Å². The standard InChI is InChI=1S/C23H20N2O3/c26-21(25-20-11-9-16-4-1-7-19(16)14-20)15-28-22(27)12-10-18-6-2-5-17-8-3-13-24-23(17)18/h2-3,5-6,8-14H,1,4,7,15H2,(H,25,26). The summed E-state index contributed by atoms with van der Waals surface area (Å²) in [5, 5.41) is 3.77. The van der Waals surface area contributed by atoms with Crippen LogP contribution in [0.25, 0.3) is 17.0 Å². The van der Waals surface area contributed by atoms with Crippen molar-refractivity contribution in [2.24, 2.45) is 0 Å².